The van der Waals surface area contributed by atoms with Gasteiger partial charge < -0.3 is 14.7 Å². The first-order chi connectivity index (χ1) is 9.02. The van der Waals surface area contributed by atoms with Crippen LogP contribution in [0.4, 0.5) is 5.82 Å². The number of hydrogen-bond acceptors (Lipinski definition) is 5. The predicted octanol–water partition coefficient (Wildman–Crippen LogP) is 1.38. The van der Waals surface area contributed by atoms with E-state index >= 15 is 0 Å². The van der Waals surface area contributed by atoms with Gasteiger partial charge in [-0.05, 0) is 31.4 Å². The van der Waals surface area contributed by atoms with Gasteiger partial charge in [0.2, 0.25) is 0 Å². The number of rotatable bonds is 2. The fourth-order valence-electron chi connectivity index (χ4n) is 2.31. The Kier molecular flexibility index (Phi) is 4.04. The van der Waals surface area contributed by atoms with E-state index in [1.54, 1.807) is 13.0 Å². The number of aryl methyl sites for hydroxylation is 1. The van der Waals surface area contributed by atoms with Crippen LogP contribution >= 0.6 is 0 Å². The minimum absolute atomic E-state index is 0.323. The van der Waals surface area contributed by atoms with Crippen LogP contribution in [-0.4, -0.2) is 42.4 Å². The first-order valence-electron chi connectivity index (χ1n) is 6.52. The van der Waals surface area contributed by atoms with Crippen LogP contribution in [0.25, 0.3) is 0 Å². The van der Waals surface area contributed by atoms with Crippen LogP contribution in [0.1, 0.15) is 29.4 Å². The Morgan fingerprint density at radius 3 is 2.84 bits per heavy atom. The number of carbonyl (C=O) groups excluding carboxylic acids is 1. The van der Waals surface area contributed by atoms with Crippen molar-refractivity contribution >= 4 is 11.8 Å². The maximum absolute atomic E-state index is 11.5. The van der Waals surface area contributed by atoms with Crippen molar-refractivity contribution in [1.82, 2.24) is 4.98 Å². The molecule has 19 heavy (non-hydrogen) atoms. The van der Waals surface area contributed by atoms with Crippen molar-refractivity contribution in [2.75, 3.05) is 25.1 Å². The van der Waals surface area contributed by atoms with E-state index in [1.807, 2.05) is 6.07 Å². The second kappa shape index (κ2) is 5.57. The second-order valence-electron chi connectivity index (χ2n) is 5.07. The predicted molar refractivity (Wildman–Crippen MR) is 72.3 cm³/mol. The number of piperidine rings is 1. The molecule has 0 radical (unpaired) electrons. The maximum Gasteiger partial charge on any atom is 0.339 e. The van der Waals surface area contributed by atoms with Gasteiger partial charge in [0, 0.05) is 13.1 Å². The van der Waals surface area contributed by atoms with Crippen LogP contribution in [0, 0.1) is 12.8 Å². The zero-order valence-electron chi connectivity index (χ0n) is 11.6. The summed E-state index contributed by atoms with van der Waals surface area (Å²) in [5.74, 6) is 0.756. The zero-order chi connectivity index (χ0) is 14.0. The standard InChI is InChI=1S/C14H20N2O3/c1-9-6-7-16(8-12(9)17)13-5-4-11(10(2)15-13)14(18)19-3/h4-5,9,12,17H,6-8H2,1-3H3. The molecule has 1 aromatic heterocycles. The highest BCUT2D eigenvalue weighted by Gasteiger charge is 2.25. The molecule has 1 aromatic rings. The molecule has 1 fully saturated rings. The fraction of sp³-hybridized carbons (Fsp3) is 0.571. The molecular formula is C14H20N2O3. The lowest BCUT2D eigenvalue weighted by atomic mass is 9.96. The van der Waals surface area contributed by atoms with Gasteiger partial charge in [0.1, 0.15) is 5.82 Å². The van der Waals surface area contributed by atoms with Gasteiger partial charge in [0.15, 0.2) is 0 Å². The van der Waals surface area contributed by atoms with Gasteiger partial charge in [0.25, 0.3) is 0 Å². The summed E-state index contributed by atoms with van der Waals surface area (Å²) in [6, 6.07) is 3.54. The average molecular weight is 264 g/mol. The van der Waals surface area contributed by atoms with Crippen LogP contribution in [0.15, 0.2) is 12.1 Å². The number of methoxy groups -OCH3 is 1. The Morgan fingerprint density at radius 2 is 2.26 bits per heavy atom. The Labute approximate surface area is 113 Å². The number of aliphatic hydroxyl groups excluding tert-OH is 1. The molecule has 1 aliphatic heterocycles. The SMILES string of the molecule is COC(=O)c1ccc(N2CCC(C)C(O)C2)nc1C. The summed E-state index contributed by atoms with van der Waals surface area (Å²) in [7, 11) is 1.36. The van der Waals surface area contributed by atoms with Crippen molar-refractivity contribution in [2.24, 2.45) is 5.92 Å². The summed E-state index contributed by atoms with van der Waals surface area (Å²) in [5, 5.41) is 9.92. The van der Waals surface area contributed by atoms with Crippen LogP contribution in [0.2, 0.25) is 0 Å². The van der Waals surface area contributed by atoms with Gasteiger partial charge in [0.05, 0.1) is 24.5 Å². The Morgan fingerprint density at radius 1 is 1.53 bits per heavy atom. The number of esters is 1. The summed E-state index contributed by atoms with van der Waals surface area (Å²) in [5.41, 5.74) is 1.13. The van der Waals surface area contributed by atoms with Crippen LogP contribution < -0.4 is 4.90 Å². The Hall–Kier alpha value is -1.62. The fourth-order valence-corrected chi connectivity index (χ4v) is 2.31. The number of β-amino-alcohol motifs (C(OH)–C–C–N with tert-alkyl or cyclic N) is 1. The van der Waals surface area contributed by atoms with E-state index < -0.39 is 0 Å². The molecule has 0 spiro atoms. The lowest BCUT2D eigenvalue weighted by Gasteiger charge is -2.35. The Balaban J connectivity index is 2.18. The first kappa shape index (κ1) is 13.8. The van der Waals surface area contributed by atoms with Crippen LogP contribution in [-0.2, 0) is 4.74 Å². The van der Waals surface area contributed by atoms with Crippen LogP contribution in [0.5, 0.6) is 0 Å². The number of hydrogen-bond donors (Lipinski definition) is 1. The maximum atomic E-state index is 11.5. The lowest BCUT2D eigenvalue weighted by molar-refractivity contribution is 0.0599. The first-order valence-corrected chi connectivity index (χ1v) is 6.52. The molecule has 5 nitrogen and oxygen atoms in total. The highest BCUT2D eigenvalue weighted by atomic mass is 16.5. The minimum atomic E-state index is -0.371. The monoisotopic (exact) mass is 264 g/mol. The van der Waals surface area contributed by atoms with Crippen molar-refractivity contribution < 1.29 is 14.6 Å². The third-order valence-corrected chi connectivity index (χ3v) is 3.72. The van der Waals surface area contributed by atoms with Gasteiger partial charge in [-0.15, -0.1) is 0 Å². The minimum Gasteiger partial charge on any atom is -0.465 e. The molecule has 0 bridgehead atoms. The molecule has 2 heterocycles. The molecule has 5 heteroatoms. The molecule has 0 aliphatic carbocycles. The molecular weight excluding hydrogens is 244 g/mol. The number of aromatic nitrogens is 1. The molecule has 104 valence electrons. The summed E-state index contributed by atoms with van der Waals surface area (Å²) in [4.78, 5) is 18.0. The third kappa shape index (κ3) is 2.87. The quantitative estimate of drug-likeness (QED) is 0.818. The molecule has 1 aliphatic rings. The van der Waals surface area contributed by atoms with Gasteiger partial charge in [-0.2, -0.15) is 0 Å². The average Bonchev–Trinajstić information content (AvgIpc) is 2.41. The molecule has 2 atom stereocenters. The van der Waals surface area contributed by atoms with E-state index in [4.69, 9.17) is 4.74 Å². The molecule has 1 saturated heterocycles. The number of pyridine rings is 1. The van der Waals surface area contributed by atoms with E-state index in [9.17, 15) is 9.90 Å². The number of aliphatic hydroxyl groups is 1. The summed E-state index contributed by atoms with van der Waals surface area (Å²) in [6.45, 7) is 5.31. The van der Waals surface area contributed by atoms with Gasteiger partial charge >= 0.3 is 5.97 Å². The molecule has 0 aromatic carbocycles. The van der Waals surface area contributed by atoms with Crippen LogP contribution in [0.3, 0.4) is 0 Å². The van der Waals surface area contributed by atoms with E-state index in [0.29, 0.717) is 23.7 Å². The highest BCUT2D eigenvalue weighted by Crippen LogP contribution is 2.23. The number of ether oxygens (including phenoxy) is 1. The number of anilines is 1. The van der Waals surface area contributed by atoms with E-state index in [0.717, 1.165) is 18.8 Å². The summed E-state index contributed by atoms with van der Waals surface area (Å²) >= 11 is 0. The van der Waals surface area contributed by atoms with Crippen molar-refractivity contribution in [1.29, 1.82) is 0 Å². The lowest BCUT2D eigenvalue weighted by Crippen LogP contribution is -2.43. The number of nitrogens with zero attached hydrogens (tertiary/aromatic N) is 2. The van der Waals surface area contributed by atoms with E-state index in [1.165, 1.54) is 7.11 Å². The molecule has 0 amide bonds. The third-order valence-electron chi connectivity index (χ3n) is 3.72. The Bertz CT molecular complexity index is 476. The van der Waals surface area contributed by atoms with E-state index in [-0.39, 0.29) is 12.1 Å². The largest absolute Gasteiger partial charge is 0.465 e. The molecule has 0 saturated carbocycles. The topological polar surface area (TPSA) is 62.7 Å². The smallest absolute Gasteiger partial charge is 0.339 e. The van der Waals surface area contributed by atoms with Crippen molar-refractivity contribution in [3.8, 4) is 0 Å². The highest BCUT2D eigenvalue weighted by molar-refractivity contribution is 5.90. The summed E-state index contributed by atoms with van der Waals surface area (Å²) in [6.07, 6.45) is 0.622. The molecule has 2 rings (SSSR count). The summed E-state index contributed by atoms with van der Waals surface area (Å²) < 4.78 is 4.70. The van der Waals surface area contributed by atoms with Crippen molar-refractivity contribution in [2.45, 2.75) is 26.4 Å². The van der Waals surface area contributed by atoms with Crippen molar-refractivity contribution in [3.05, 3.63) is 23.4 Å². The van der Waals surface area contributed by atoms with Gasteiger partial charge in [-0.25, -0.2) is 9.78 Å². The van der Waals surface area contributed by atoms with E-state index in [2.05, 4.69) is 16.8 Å². The molecule has 1 N–H and O–H groups in total. The zero-order valence-corrected chi connectivity index (χ0v) is 11.6. The second-order valence-corrected chi connectivity index (χ2v) is 5.07. The normalized spacial score (nSPS) is 23.3. The van der Waals surface area contributed by atoms with Gasteiger partial charge in [-0.1, -0.05) is 6.92 Å². The number of carbonyl (C=O) groups is 1. The van der Waals surface area contributed by atoms with Gasteiger partial charge in [-0.3, -0.25) is 0 Å². The van der Waals surface area contributed by atoms with Crippen molar-refractivity contribution in [3.63, 3.8) is 0 Å². The molecule has 2 unspecified atom stereocenters.